The van der Waals surface area contributed by atoms with E-state index in [-0.39, 0.29) is 5.88 Å². The van der Waals surface area contributed by atoms with Crippen LogP contribution in [0.25, 0.3) is 10.9 Å². The van der Waals surface area contributed by atoms with Crippen molar-refractivity contribution in [1.29, 1.82) is 0 Å². The van der Waals surface area contributed by atoms with Crippen molar-refractivity contribution in [3.63, 3.8) is 0 Å². The summed E-state index contributed by atoms with van der Waals surface area (Å²) in [6, 6.07) is 18.5. The van der Waals surface area contributed by atoms with E-state index in [1.807, 2.05) is 50.5 Å². The highest BCUT2D eigenvalue weighted by atomic mass is 16.5. The van der Waals surface area contributed by atoms with Crippen LogP contribution < -0.4 is 9.47 Å². The van der Waals surface area contributed by atoms with Crippen LogP contribution in [0.4, 0.5) is 5.69 Å². The molecule has 2 N–H and O–H groups in total. The molecule has 8 nitrogen and oxygen atoms in total. The zero-order valence-corrected chi connectivity index (χ0v) is 20.1. The maximum atomic E-state index is 12.0. The summed E-state index contributed by atoms with van der Waals surface area (Å²) in [6.45, 7) is 0.818. The van der Waals surface area contributed by atoms with E-state index in [0.717, 1.165) is 23.4 Å². The average molecular weight is 484 g/mol. The maximum absolute atomic E-state index is 12.0. The molecule has 2 heterocycles. The lowest BCUT2D eigenvalue weighted by atomic mass is 9.99. The number of carbonyl (C=O) groups excluding carboxylic acids is 1. The van der Waals surface area contributed by atoms with Crippen molar-refractivity contribution in [2.24, 2.45) is 4.99 Å². The number of methoxy groups -OCH3 is 1. The van der Waals surface area contributed by atoms with Crippen LogP contribution >= 0.6 is 0 Å². The zero-order chi connectivity index (χ0) is 25.2. The van der Waals surface area contributed by atoms with Crippen LogP contribution in [0.5, 0.6) is 17.4 Å². The third-order valence-corrected chi connectivity index (χ3v) is 5.78. The predicted octanol–water partition coefficient (Wildman–Crippen LogP) is 5.13. The Bertz CT molecular complexity index is 1500. The van der Waals surface area contributed by atoms with Crippen molar-refractivity contribution in [2.45, 2.75) is 6.54 Å². The fraction of sp³-hybridized carbons (Fsp3) is 0.143. The van der Waals surface area contributed by atoms with Gasteiger partial charge in [0.25, 0.3) is 0 Å². The second-order valence-corrected chi connectivity index (χ2v) is 8.63. The highest BCUT2D eigenvalue weighted by molar-refractivity contribution is 6.22. The molecule has 0 radical (unpaired) electrons. The molecule has 0 bridgehead atoms. The van der Waals surface area contributed by atoms with Gasteiger partial charge >= 0.3 is 5.97 Å². The monoisotopic (exact) mass is 483 g/mol. The first-order valence-electron chi connectivity index (χ1n) is 11.3. The molecule has 8 heteroatoms. The standard InChI is InChI=1S/C28H25N3O5/c1-31(2)16-17-4-8-20(9-5-17)29-26(18-7-11-23-24(15-18)36-13-12-35-23)25-21-10-6-19(28(33)34-3)14-22(21)30-27(25)32/h4-15,30,32H,16H2,1-3H3. The van der Waals surface area contributed by atoms with Gasteiger partial charge in [-0.1, -0.05) is 18.2 Å². The predicted molar refractivity (Wildman–Crippen MR) is 137 cm³/mol. The number of aromatic amines is 1. The second kappa shape index (κ2) is 9.59. The fourth-order valence-electron chi connectivity index (χ4n) is 4.15. The van der Waals surface area contributed by atoms with E-state index in [4.69, 9.17) is 19.2 Å². The molecule has 0 fully saturated rings. The van der Waals surface area contributed by atoms with Gasteiger partial charge < -0.3 is 29.2 Å². The molecule has 1 aromatic heterocycles. The number of aromatic hydroxyl groups is 1. The number of benzene rings is 3. The Kier molecular flexibility index (Phi) is 6.18. The second-order valence-electron chi connectivity index (χ2n) is 8.63. The molecule has 1 aliphatic rings. The topological polar surface area (TPSA) is 96.4 Å². The van der Waals surface area contributed by atoms with Crippen molar-refractivity contribution in [2.75, 3.05) is 21.2 Å². The van der Waals surface area contributed by atoms with Crippen LogP contribution in [0.3, 0.4) is 0 Å². The van der Waals surface area contributed by atoms with Gasteiger partial charge in [0, 0.05) is 23.0 Å². The third-order valence-electron chi connectivity index (χ3n) is 5.78. The number of esters is 1. The highest BCUT2D eigenvalue weighted by Gasteiger charge is 2.22. The number of aromatic nitrogens is 1. The van der Waals surface area contributed by atoms with E-state index < -0.39 is 5.97 Å². The number of fused-ring (bicyclic) bond motifs is 2. The van der Waals surface area contributed by atoms with Gasteiger partial charge in [0.15, 0.2) is 17.4 Å². The summed E-state index contributed by atoms with van der Waals surface area (Å²) < 4.78 is 16.0. The lowest BCUT2D eigenvalue weighted by molar-refractivity contribution is 0.0601. The normalized spacial score (nSPS) is 12.8. The molecule has 4 aromatic rings. The number of H-pyrrole nitrogens is 1. The Morgan fingerprint density at radius 2 is 1.69 bits per heavy atom. The van der Waals surface area contributed by atoms with Crippen molar-refractivity contribution < 1.29 is 24.1 Å². The van der Waals surface area contributed by atoms with Crippen molar-refractivity contribution in [1.82, 2.24) is 9.88 Å². The molecule has 36 heavy (non-hydrogen) atoms. The van der Waals surface area contributed by atoms with E-state index in [1.165, 1.54) is 19.6 Å². The smallest absolute Gasteiger partial charge is 0.337 e. The molecule has 182 valence electrons. The minimum atomic E-state index is -0.459. The quantitative estimate of drug-likeness (QED) is 0.291. The van der Waals surface area contributed by atoms with Crippen LogP contribution in [-0.4, -0.2) is 47.9 Å². The van der Waals surface area contributed by atoms with E-state index >= 15 is 0 Å². The van der Waals surface area contributed by atoms with Gasteiger partial charge in [-0.15, -0.1) is 0 Å². The molecular weight excluding hydrogens is 458 g/mol. The number of hydrogen-bond donors (Lipinski definition) is 2. The van der Waals surface area contributed by atoms with E-state index in [9.17, 15) is 9.90 Å². The molecular formula is C28H25N3O5. The Morgan fingerprint density at radius 1 is 0.972 bits per heavy atom. The summed E-state index contributed by atoms with van der Waals surface area (Å²) in [6.07, 6.45) is 2.93. The summed E-state index contributed by atoms with van der Waals surface area (Å²) in [4.78, 5) is 22.0. The molecule has 0 atom stereocenters. The van der Waals surface area contributed by atoms with E-state index in [0.29, 0.717) is 39.2 Å². The number of rotatable bonds is 6. The van der Waals surface area contributed by atoms with Crippen molar-refractivity contribution in [3.8, 4) is 17.4 Å². The van der Waals surface area contributed by atoms with Gasteiger partial charge in [-0.3, -0.25) is 0 Å². The summed E-state index contributed by atoms with van der Waals surface area (Å²) >= 11 is 0. The number of ether oxygens (including phenoxy) is 3. The first-order chi connectivity index (χ1) is 17.4. The zero-order valence-electron chi connectivity index (χ0n) is 20.1. The molecule has 0 spiro atoms. The number of nitrogens with zero attached hydrogens (tertiary/aromatic N) is 2. The molecule has 0 aliphatic carbocycles. The van der Waals surface area contributed by atoms with Gasteiger partial charge in [0.05, 0.1) is 29.6 Å². The number of aliphatic imine (C=N–C) groups is 1. The number of hydrogen-bond acceptors (Lipinski definition) is 7. The minimum Gasteiger partial charge on any atom is -0.494 e. The fourth-order valence-corrected chi connectivity index (χ4v) is 4.15. The Labute approximate surface area is 208 Å². The van der Waals surface area contributed by atoms with Gasteiger partial charge in [0.1, 0.15) is 12.5 Å². The lowest BCUT2D eigenvalue weighted by Gasteiger charge is -2.15. The molecule has 5 rings (SSSR count). The summed E-state index contributed by atoms with van der Waals surface area (Å²) in [5.41, 5.74) is 4.60. The first kappa shape index (κ1) is 23.2. The number of nitrogens with one attached hydrogen (secondary N) is 1. The molecule has 3 aromatic carbocycles. The SMILES string of the molecule is COC(=O)c1ccc2c(C(=Nc3ccc(CN(C)C)cc3)c3ccc4c(c3)OC=CO4)c(O)[nH]c2c1. The average Bonchev–Trinajstić information content (AvgIpc) is 3.21. The van der Waals surface area contributed by atoms with Gasteiger partial charge in [-0.25, -0.2) is 9.79 Å². The lowest BCUT2D eigenvalue weighted by Crippen LogP contribution is -2.10. The summed E-state index contributed by atoms with van der Waals surface area (Å²) in [7, 11) is 5.37. The van der Waals surface area contributed by atoms with Crippen LogP contribution in [0.1, 0.15) is 27.0 Å². The minimum absolute atomic E-state index is 0.0650. The third kappa shape index (κ3) is 4.54. The molecule has 0 unspecified atom stereocenters. The summed E-state index contributed by atoms with van der Waals surface area (Å²) in [5, 5.41) is 11.7. The highest BCUT2D eigenvalue weighted by Crippen LogP contribution is 2.36. The largest absolute Gasteiger partial charge is 0.494 e. The first-order valence-corrected chi connectivity index (χ1v) is 11.3. The van der Waals surface area contributed by atoms with E-state index in [2.05, 4.69) is 9.88 Å². The van der Waals surface area contributed by atoms with E-state index in [1.54, 1.807) is 24.3 Å². The molecule has 1 aliphatic heterocycles. The van der Waals surface area contributed by atoms with Crippen molar-refractivity contribution >= 4 is 28.3 Å². The van der Waals surface area contributed by atoms with Crippen LogP contribution in [0.2, 0.25) is 0 Å². The van der Waals surface area contributed by atoms with Crippen LogP contribution in [-0.2, 0) is 11.3 Å². The Balaban J connectivity index is 1.66. The Morgan fingerprint density at radius 3 is 2.42 bits per heavy atom. The van der Waals surface area contributed by atoms with Crippen LogP contribution in [0, 0.1) is 0 Å². The van der Waals surface area contributed by atoms with Crippen LogP contribution in [0.15, 0.2) is 78.2 Å². The molecule has 0 amide bonds. The number of carbonyl (C=O) groups is 1. The Hall–Kier alpha value is -4.56. The maximum Gasteiger partial charge on any atom is 0.337 e. The molecule has 0 saturated carbocycles. The van der Waals surface area contributed by atoms with Gasteiger partial charge in [-0.2, -0.15) is 0 Å². The van der Waals surface area contributed by atoms with Gasteiger partial charge in [0.2, 0.25) is 0 Å². The molecule has 0 saturated heterocycles. The van der Waals surface area contributed by atoms with Crippen molar-refractivity contribution in [3.05, 3.63) is 95.4 Å². The van der Waals surface area contributed by atoms with Gasteiger partial charge in [-0.05, 0) is 62.1 Å². The summed E-state index contributed by atoms with van der Waals surface area (Å²) in [5.74, 6) is 0.597.